The molecule has 28 heavy (non-hydrogen) atoms. The van der Waals surface area contributed by atoms with E-state index >= 15 is 0 Å². The van der Waals surface area contributed by atoms with Crippen molar-refractivity contribution in [3.05, 3.63) is 66.0 Å². The van der Waals surface area contributed by atoms with Crippen molar-refractivity contribution in [1.29, 1.82) is 0 Å². The molecule has 0 spiro atoms. The maximum absolute atomic E-state index is 12.8. The van der Waals surface area contributed by atoms with Crippen LogP contribution < -0.4 is 5.32 Å². The number of aromatic amines is 1. The molecule has 0 saturated carbocycles. The first-order chi connectivity index (χ1) is 13.7. The number of likely N-dealkylation sites (N-methyl/N-ethyl adjacent to an activating group) is 1. The molecule has 3 aromatic rings. The van der Waals surface area contributed by atoms with Crippen LogP contribution in [0.3, 0.4) is 0 Å². The van der Waals surface area contributed by atoms with Gasteiger partial charge in [0.2, 0.25) is 0 Å². The molecule has 1 saturated heterocycles. The number of nitrogens with one attached hydrogen (secondary N) is 2. The van der Waals surface area contributed by atoms with Gasteiger partial charge in [-0.3, -0.25) is 19.8 Å². The highest BCUT2D eigenvalue weighted by Crippen LogP contribution is 2.23. The summed E-state index contributed by atoms with van der Waals surface area (Å²) in [4.78, 5) is 21.9. The Labute approximate surface area is 164 Å². The quantitative estimate of drug-likeness (QED) is 0.715. The van der Waals surface area contributed by atoms with E-state index < -0.39 is 0 Å². The Bertz CT molecular complexity index is 931. The lowest BCUT2D eigenvalue weighted by Crippen LogP contribution is -2.43. The summed E-state index contributed by atoms with van der Waals surface area (Å²) >= 11 is 0. The van der Waals surface area contributed by atoms with Crippen molar-refractivity contribution < 1.29 is 4.79 Å². The number of hydrogen-bond acceptors (Lipinski definition) is 5. The zero-order valence-corrected chi connectivity index (χ0v) is 15.9. The van der Waals surface area contributed by atoms with E-state index in [1.807, 2.05) is 36.4 Å². The minimum absolute atomic E-state index is 0.154. The lowest BCUT2D eigenvalue weighted by molar-refractivity contribution is 0.102. The van der Waals surface area contributed by atoms with Crippen LogP contribution in [0.25, 0.3) is 11.4 Å². The van der Waals surface area contributed by atoms with Crippen LogP contribution in [-0.2, 0) is 6.54 Å². The molecular formula is C21H24N6O. The van der Waals surface area contributed by atoms with Crippen molar-refractivity contribution in [2.24, 2.45) is 0 Å². The van der Waals surface area contributed by atoms with Crippen LogP contribution >= 0.6 is 0 Å². The summed E-state index contributed by atoms with van der Waals surface area (Å²) in [6.07, 6.45) is 3.32. The van der Waals surface area contributed by atoms with Gasteiger partial charge in [-0.15, -0.1) is 0 Å². The number of piperazine rings is 1. The van der Waals surface area contributed by atoms with Gasteiger partial charge in [0, 0.05) is 44.5 Å². The molecule has 3 heterocycles. The van der Waals surface area contributed by atoms with Gasteiger partial charge in [0.15, 0.2) is 0 Å². The largest absolute Gasteiger partial charge is 0.319 e. The Balaban J connectivity index is 1.45. The second-order valence-corrected chi connectivity index (χ2v) is 7.11. The molecule has 2 aromatic heterocycles. The van der Waals surface area contributed by atoms with Crippen LogP contribution in [0.15, 0.2) is 54.9 Å². The van der Waals surface area contributed by atoms with Crippen LogP contribution in [0.5, 0.6) is 0 Å². The summed E-state index contributed by atoms with van der Waals surface area (Å²) in [7, 11) is 2.15. The minimum Gasteiger partial charge on any atom is -0.319 e. The number of carbonyl (C=O) groups excluding carboxylic acids is 1. The predicted molar refractivity (Wildman–Crippen MR) is 109 cm³/mol. The maximum Gasteiger partial charge on any atom is 0.255 e. The third-order valence-corrected chi connectivity index (χ3v) is 5.00. The number of hydrogen-bond donors (Lipinski definition) is 2. The molecule has 0 unspecified atom stereocenters. The van der Waals surface area contributed by atoms with Crippen LogP contribution in [-0.4, -0.2) is 64.1 Å². The van der Waals surface area contributed by atoms with Gasteiger partial charge in [0.1, 0.15) is 5.69 Å². The van der Waals surface area contributed by atoms with E-state index in [-0.39, 0.29) is 5.91 Å². The van der Waals surface area contributed by atoms with E-state index in [0.29, 0.717) is 16.9 Å². The number of nitrogens with zero attached hydrogens (tertiary/aromatic N) is 4. The van der Waals surface area contributed by atoms with Gasteiger partial charge in [0.25, 0.3) is 5.91 Å². The van der Waals surface area contributed by atoms with E-state index in [0.717, 1.165) is 44.0 Å². The number of rotatable bonds is 5. The molecule has 144 valence electrons. The lowest BCUT2D eigenvalue weighted by atomic mass is 10.1. The summed E-state index contributed by atoms with van der Waals surface area (Å²) in [5, 5.41) is 9.92. The highest BCUT2D eigenvalue weighted by molar-refractivity contribution is 6.05. The maximum atomic E-state index is 12.8. The molecule has 0 atom stereocenters. The van der Waals surface area contributed by atoms with Crippen molar-refractivity contribution in [2.45, 2.75) is 6.54 Å². The molecule has 4 rings (SSSR count). The topological polar surface area (TPSA) is 77.1 Å². The SMILES string of the molecule is CN1CCN(Cc2cccc(C(=O)Nc3cn[nH]c3-c3ccccn3)c2)CC1. The smallest absolute Gasteiger partial charge is 0.255 e. The number of aromatic nitrogens is 3. The fraction of sp³-hybridized carbons (Fsp3) is 0.286. The van der Waals surface area contributed by atoms with Crippen LogP contribution in [0.1, 0.15) is 15.9 Å². The summed E-state index contributed by atoms with van der Waals surface area (Å²) in [5.41, 5.74) is 3.84. The molecule has 1 aromatic carbocycles. The van der Waals surface area contributed by atoms with Gasteiger partial charge in [-0.2, -0.15) is 5.10 Å². The first kappa shape index (κ1) is 18.3. The summed E-state index contributed by atoms with van der Waals surface area (Å²) in [5.74, 6) is -0.154. The minimum atomic E-state index is -0.154. The number of benzene rings is 1. The average Bonchev–Trinajstić information content (AvgIpc) is 3.19. The standard InChI is InChI=1S/C21H24N6O/c1-26-9-11-27(12-10-26)15-16-5-4-6-17(13-16)21(28)24-19-14-23-25-20(19)18-7-2-3-8-22-18/h2-8,13-14H,9-12,15H2,1H3,(H,23,25)(H,24,28). The number of pyridine rings is 1. The fourth-order valence-electron chi connectivity index (χ4n) is 3.36. The highest BCUT2D eigenvalue weighted by atomic mass is 16.1. The molecule has 1 aliphatic heterocycles. The fourth-order valence-corrected chi connectivity index (χ4v) is 3.36. The summed E-state index contributed by atoms with van der Waals surface area (Å²) in [6, 6.07) is 13.4. The Hall–Kier alpha value is -3.03. The van der Waals surface area contributed by atoms with Gasteiger partial charge >= 0.3 is 0 Å². The van der Waals surface area contributed by atoms with E-state index in [4.69, 9.17) is 0 Å². The molecule has 0 radical (unpaired) electrons. The Morgan fingerprint density at radius 3 is 2.79 bits per heavy atom. The first-order valence-corrected chi connectivity index (χ1v) is 9.45. The lowest BCUT2D eigenvalue weighted by Gasteiger charge is -2.32. The first-order valence-electron chi connectivity index (χ1n) is 9.45. The third kappa shape index (κ3) is 4.27. The zero-order chi connectivity index (χ0) is 19.3. The Morgan fingerprint density at radius 2 is 2.00 bits per heavy atom. The van der Waals surface area contributed by atoms with Crippen molar-refractivity contribution in [3.63, 3.8) is 0 Å². The highest BCUT2D eigenvalue weighted by Gasteiger charge is 2.16. The predicted octanol–water partition coefficient (Wildman–Crippen LogP) is 2.47. The van der Waals surface area contributed by atoms with Crippen LogP contribution in [0.4, 0.5) is 5.69 Å². The van der Waals surface area contributed by atoms with E-state index in [1.165, 1.54) is 0 Å². The second kappa shape index (κ2) is 8.33. The van der Waals surface area contributed by atoms with Gasteiger partial charge in [-0.25, -0.2) is 0 Å². The average molecular weight is 376 g/mol. The van der Waals surface area contributed by atoms with Crippen molar-refractivity contribution >= 4 is 11.6 Å². The van der Waals surface area contributed by atoms with Crippen LogP contribution in [0.2, 0.25) is 0 Å². The molecule has 0 bridgehead atoms. The number of amides is 1. The molecule has 2 N–H and O–H groups in total. The monoisotopic (exact) mass is 376 g/mol. The normalized spacial score (nSPS) is 15.5. The van der Waals surface area contributed by atoms with E-state index in [1.54, 1.807) is 12.4 Å². The zero-order valence-electron chi connectivity index (χ0n) is 15.9. The van der Waals surface area contributed by atoms with E-state index in [9.17, 15) is 4.79 Å². The number of carbonyl (C=O) groups is 1. The molecule has 1 amide bonds. The van der Waals surface area contributed by atoms with Crippen molar-refractivity contribution in [3.8, 4) is 11.4 Å². The van der Waals surface area contributed by atoms with Crippen molar-refractivity contribution in [2.75, 3.05) is 38.5 Å². The molecule has 7 nitrogen and oxygen atoms in total. The summed E-state index contributed by atoms with van der Waals surface area (Å²) < 4.78 is 0. The second-order valence-electron chi connectivity index (χ2n) is 7.11. The molecule has 0 aliphatic carbocycles. The Kier molecular flexibility index (Phi) is 5.45. The molecule has 1 aliphatic rings. The number of anilines is 1. The number of H-pyrrole nitrogens is 1. The molecule has 7 heteroatoms. The van der Waals surface area contributed by atoms with E-state index in [2.05, 4.69) is 43.4 Å². The van der Waals surface area contributed by atoms with Crippen LogP contribution in [0, 0.1) is 0 Å². The molecule has 1 fully saturated rings. The molecular weight excluding hydrogens is 352 g/mol. The van der Waals surface area contributed by atoms with Gasteiger partial charge < -0.3 is 10.2 Å². The van der Waals surface area contributed by atoms with Gasteiger partial charge in [-0.05, 0) is 36.9 Å². The van der Waals surface area contributed by atoms with Crippen molar-refractivity contribution in [1.82, 2.24) is 25.0 Å². The van der Waals surface area contributed by atoms with Gasteiger partial charge in [-0.1, -0.05) is 18.2 Å². The van der Waals surface area contributed by atoms with Gasteiger partial charge in [0.05, 0.1) is 17.6 Å². The summed E-state index contributed by atoms with van der Waals surface area (Å²) in [6.45, 7) is 5.12. The third-order valence-electron chi connectivity index (χ3n) is 5.00. The Morgan fingerprint density at radius 1 is 1.14 bits per heavy atom.